The Morgan fingerprint density at radius 3 is 2.36 bits per heavy atom. The lowest BCUT2D eigenvalue weighted by Gasteiger charge is -2.26. The number of hydrogen-bond donors (Lipinski definition) is 1. The van der Waals surface area contributed by atoms with E-state index < -0.39 is 0 Å². The molecule has 0 aromatic heterocycles. The number of thiocarbonyl (C=S) groups is 1. The smallest absolute Gasteiger partial charge is 0.173 e. The lowest BCUT2D eigenvalue weighted by Crippen LogP contribution is -2.34. The quantitative estimate of drug-likeness (QED) is 0.510. The van der Waals surface area contributed by atoms with Crippen LogP contribution in [0.2, 0.25) is 0 Å². The second-order valence-electron chi connectivity index (χ2n) is 6.78. The van der Waals surface area contributed by atoms with Crippen LogP contribution in [0, 0.1) is 6.92 Å². The van der Waals surface area contributed by atoms with E-state index in [4.69, 9.17) is 21.7 Å². The molecule has 5 heteroatoms. The molecule has 0 aliphatic heterocycles. The minimum atomic E-state index is 0.609. The molecule has 152 valence electrons. The Morgan fingerprint density at radius 1 is 0.964 bits per heavy atom. The second-order valence-corrected chi connectivity index (χ2v) is 7.17. The van der Waals surface area contributed by atoms with Crippen LogP contribution in [0.1, 0.15) is 44.7 Å². The Bertz CT molecular complexity index is 747. The molecule has 0 bridgehead atoms. The molecule has 1 N–H and O–H groups in total. The van der Waals surface area contributed by atoms with Crippen molar-refractivity contribution in [1.82, 2.24) is 4.90 Å². The van der Waals surface area contributed by atoms with Gasteiger partial charge in [-0.15, -0.1) is 0 Å². The molecule has 2 aromatic carbocycles. The van der Waals surface area contributed by atoms with Gasteiger partial charge in [-0.05, 0) is 68.7 Å². The SMILES string of the molecule is CCCOc1ccc(CN(CCC)C(=S)Nc2ccc(C)cc2)cc1OCC. The van der Waals surface area contributed by atoms with Gasteiger partial charge < -0.3 is 19.7 Å². The normalized spacial score (nSPS) is 10.4. The summed E-state index contributed by atoms with van der Waals surface area (Å²) in [5.74, 6) is 1.59. The molecular weight excluding hydrogens is 368 g/mol. The Morgan fingerprint density at radius 2 is 1.71 bits per heavy atom. The number of anilines is 1. The van der Waals surface area contributed by atoms with Crippen LogP contribution in [0.5, 0.6) is 11.5 Å². The molecule has 0 aliphatic carbocycles. The summed E-state index contributed by atoms with van der Waals surface area (Å²) in [5.41, 5.74) is 3.39. The molecule has 0 atom stereocenters. The van der Waals surface area contributed by atoms with Crippen LogP contribution in [0.4, 0.5) is 5.69 Å². The third kappa shape index (κ3) is 6.71. The standard InChI is InChI=1S/C23H32N2O2S/c1-5-14-25(23(28)24-20-11-8-18(4)9-12-20)17-19-10-13-21(27-15-6-2)22(16-19)26-7-3/h8-13,16H,5-7,14-15,17H2,1-4H3,(H,24,28). The summed E-state index contributed by atoms with van der Waals surface area (Å²) in [6.45, 7) is 11.2. The predicted molar refractivity (Wildman–Crippen MR) is 121 cm³/mol. The highest BCUT2D eigenvalue weighted by Gasteiger charge is 2.13. The first-order chi connectivity index (χ1) is 13.6. The van der Waals surface area contributed by atoms with Gasteiger partial charge in [0.1, 0.15) is 0 Å². The maximum absolute atomic E-state index is 5.81. The molecule has 2 aromatic rings. The fourth-order valence-corrected chi connectivity index (χ4v) is 3.11. The van der Waals surface area contributed by atoms with E-state index in [2.05, 4.69) is 67.4 Å². The highest BCUT2D eigenvalue weighted by molar-refractivity contribution is 7.80. The molecule has 28 heavy (non-hydrogen) atoms. The topological polar surface area (TPSA) is 33.7 Å². The van der Waals surface area contributed by atoms with Crippen molar-refractivity contribution in [2.45, 2.75) is 47.1 Å². The first kappa shape index (κ1) is 22.0. The van der Waals surface area contributed by atoms with Crippen molar-refractivity contribution >= 4 is 23.0 Å². The highest BCUT2D eigenvalue weighted by Crippen LogP contribution is 2.29. The zero-order valence-corrected chi connectivity index (χ0v) is 18.3. The second kappa shape index (κ2) is 11.5. The first-order valence-corrected chi connectivity index (χ1v) is 10.5. The van der Waals surface area contributed by atoms with Gasteiger partial charge in [0.2, 0.25) is 0 Å². The molecule has 0 spiro atoms. The van der Waals surface area contributed by atoms with Crippen molar-refractivity contribution in [2.24, 2.45) is 0 Å². The van der Waals surface area contributed by atoms with E-state index in [9.17, 15) is 0 Å². The molecule has 0 radical (unpaired) electrons. The zero-order chi connectivity index (χ0) is 20.4. The first-order valence-electron chi connectivity index (χ1n) is 10.1. The molecule has 0 unspecified atom stereocenters. The lowest BCUT2D eigenvalue weighted by atomic mass is 10.2. The Kier molecular flexibility index (Phi) is 9.08. The van der Waals surface area contributed by atoms with Gasteiger partial charge in [0, 0.05) is 18.8 Å². The average molecular weight is 401 g/mol. The summed E-state index contributed by atoms with van der Waals surface area (Å²) in [4.78, 5) is 2.19. The number of nitrogens with one attached hydrogen (secondary N) is 1. The maximum atomic E-state index is 5.81. The Hall–Kier alpha value is -2.27. The maximum Gasteiger partial charge on any atom is 0.173 e. The molecule has 0 heterocycles. The third-order valence-electron chi connectivity index (χ3n) is 4.23. The van der Waals surface area contributed by atoms with Gasteiger partial charge in [0.25, 0.3) is 0 Å². The number of nitrogens with zero attached hydrogens (tertiary/aromatic N) is 1. The van der Waals surface area contributed by atoms with Gasteiger partial charge in [-0.1, -0.05) is 37.6 Å². The molecule has 0 fully saturated rings. The summed E-state index contributed by atoms with van der Waals surface area (Å²) in [6, 6.07) is 14.4. The molecule has 0 saturated carbocycles. The highest BCUT2D eigenvalue weighted by atomic mass is 32.1. The zero-order valence-electron chi connectivity index (χ0n) is 17.5. The molecule has 2 rings (SSSR count). The van der Waals surface area contributed by atoms with Crippen LogP contribution < -0.4 is 14.8 Å². The molecule has 0 aliphatic rings. The number of ether oxygens (including phenoxy) is 2. The number of aryl methyl sites for hydroxylation is 1. The van der Waals surface area contributed by atoms with E-state index in [-0.39, 0.29) is 0 Å². The summed E-state index contributed by atoms with van der Waals surface area (Å²) in [6.07, 6.45) is 1.99. The molecule has 4 nitrogen and oxygen atoms in total. The van der Waals surface area contributed by atoms with Gasteiger partial charge in [-0.25, -0.2) is 0 Å². The van der Waals surface area contributed by atoms with Gasteiger partial charge in [0.15, 0.2) is 16.6 Å². The van der Waals surface area contributed by atoms with Gasteiger partial charge in [-0.3, -0.25) is 0 Å². The van der Waals surface area contributed by atoms with Crippen molar-refractivity contribution in [3.63, 3.8) is 0 Å². The van der Waals surface area contributed by atoms with Crippen LogP contribution in [0.15, 0.2) is 42.5 Å². The van der Waals surface area contributed by atoms with Crippen molar-refractivity contribution < 1.29 is 9.47 Å². The largest absolute Gasteiger partial charge is 0.490 e. The monoisotopic (exact) mass is 400 g/mol. The van der Waals surface area contributed by atoms with Crippen LogP contribution in [-0.2, 0) is 6.54 Å². The van der Waals surface area contributed by atoms with E-state index in [0.29, 0.717) is 13.2 Å². The fourth-order valence-electron chi connectivity index (χ4n) is 2.83. The van der Waals surface area contributed by atoms with Crippen LogP contribution in [0.25, 0.3) is 0 Å². The lowest BCUT2D eigenvalue weighted by molar-refractivity contribution is 0.276. The number of rotatable bonds is 10. The van der Waals surface area contributed by atoms with Gasteiger partial charge in [-0.2, -0.15) is 0 Å². The van der Waals surface area contributed by atoms with E-state index >= 15 is 0 Å². The summed E-state index contributed by atoms with van der Waals surface area (Å²) >= 11 is 5.68. The van der Waals surface area contributed by atoms with Crippen molar-refractivity contribution in [3.05, 3.63) is 53.6 Å². The predicted octanol–water partition coefficient (Wildman–Crippen LogP) is 5.79. The van der Waals surface area contributed by atoms with Gasteiger partial charge >= 0.3 is 0 Å². The third-order valence-corrected chi connectivity index (χ3v) is 4.59. The molecule has 0 amide bonds. The Labute approximate surface area is 174 Å². The van der Waals surface area contributed by atoms with Crippen LogP contribution >= 0.6 is 12.2 Å². The van der Waals surface area contributed by atoms with Crippen LogP contribution in [-0.4, -0.2) is 29.8 Å². The van der Waals surface area contributed by atoms with Crippen LogP contribution in [0.3, 0.4) is 0 Å². The number of benzene rings is 2. The molecule has 0 saturated heterocycles. The minimum absolute atomic E-state index is 0.609. The van der Waals surface area contributed by atoms with E-state index in [1.54, 1.807) is 0 Å². The fraction of sp³-hybridized carbons (Fsp3) is 0.435. The van der Waals surface area contributed by atoms with Gasteiger partial charge in [0.05, 0.1) is 13.2 Å². The summed E-state index contributed by atoms with van der Waals surface area (Å²) in [5, 5.41) is 4.09. The average Bonchev–Trinajstić information content (AvgIpc) is 2.69. The van der Waals surface area contributed by atoms with E-state index in [0.717, 1.165) is 53.8 Å². The molecular formula is C23H32N2O2S. The van der Waals surface area contributed by atoms with E-state index in [1.807, 2.05) is 13.0 Å². The Balaban J connectivity index is 2.12. The van der Waals surface area contributed by atoms with E-state index in [1.165, 1.54) is 5.56 Å². The van der Waals surface area contributed by atoms with Crippen molar-refractivity contribution in [3.8, 4) is 11.5 Å². The summed E-state index contributed by atoms with van der Waals surface area (Å²) < 4.78 is 11.6. The summed E-state index contributed by atoms with van der Waals surface area (Å²) in [7, 11) is 0. The van der Waals surface area contributed by atoms with Crippen molar-refractivity contribution in [1.29, 1.82) is 0 Å². The number of hydrogen-bond acceptors (Lipinski definition) is 3. The minimum Gasteiger partial charge on any atom is -0.490 e. The van der Waals surface area contributed by atoms with Crippen molar-refractivity contribution in [2.75, 3.05) is 25.1 Å².